The highest BCUT2D eigenvalue weighted by atomic mass is 16.5. The molecule has 1 rings (SSSR count). The highest BCUT2D eigenvalue weighted by Crippen LogP contribution is 2.16. The maximum absolute atomic E-state index is 11.8. The van der Waals surface area contributed by atoms with Crippen LogP contribution in [0.1, 0.15) is 26.7 Å². The Morgan fingerprint density at radius 1 is 1.46 bits per heavy atom. The summed E-state index contributed by atoms with van der Waals surface area (Å²) in [7, 11) is 0. The van der Waals surface area contributed by atoms with Gasteiger partial charge in [0.05, 0.1) is 12.5 Å². The Bertz CT molecular complexity index is 160. The predicted octanol–water partition coefficient (Wildman–Crippen LogP) is 1.28. The van der Waals surface area contributed by atoms with Crippen LogP contribution in [0.4, 0.5) is 0 Å². The summed E-state index contributed by atoms with van der Waals surface area (Å²) < 4.78 is 5.29. The van der Waals surface area contributed by atoms with Gasteiger partial charge in [0, 0.05) is 19.7 Å². The molecule has 0 aliphatic carbocycles. The van der Waals surface area contributed by atoms with E-state index in [1.165, 1.54) is 0 Å². The second-order valence-corrected chi connectivity index (χ2v) is 3.42. The molecule has 3 heteroatoms. The van der Waals surface area contributed by atoms with E-state index in [4.69, 9.17) is 4.74 Å². The van der Waals surface area contributed by atoms with Crippen molar-refractivity contribution >= 4 is 5.91 Å². The molecule has 0 saturated carbocycles. The Labute approximate surface area is 80.1 Å². The number of nitrogens with zero attached hydrogens (tertiary/aromatic N) is 1. The van der Waals surface area contributed by atoms with Gasteiger partial charge in [0.25, 0.3) is 0 Å². The van der Waals surface area contributed by atoms with E-state index < -0.39 is 0 Å². The fourth-order valence-corrected chi connectivity index (χ4v) is 1.73. The molecule has 1 saturated heterocycles. The van der Waals surface area contributed by atoms with Crippen molar-refractivity contribution < 1.29 is 9.53 Å². The van der Waals surface area contributed by atoms with Gasteiger partial charge in [0.1, 0.15) is 0 Å². The number of hydrogen-bond acceptors (Lipinski definition) is 2. The first kappa shape index (κ1) is 10.5. The molecular formula is C10H19NO2. The summed E-state index contributed by atoms with van der Waals surface area (Å²) in [4.78, 5) is 13.7. The van der Waals surface area contributed by atoms with Crippen molar-refractivity contribution in [3.8, 4) is 0 Å². The second kappa shape index (κ2) is 5.22. The minimum absolute atomic E-state index is 0.119. The molecule has 0 N–H and O–H groups in total. The molecule has 0 aromatic heterocycles. The molecule has 1 atom stereocenters. The fourth-order valence-electron chi connectivity index (χ4n) is 1.73. The molecule has 76 valence electrons. The van der Waals surface area contributed by atoms with E-state index in [9.17, 15) is 4.79 Å². The summed E-state index contributed by atoms with van der Waals surface area (Å²) >= 11 is 0. The molecule has 0 radical (unpaired) electrons. The van der Waals surface area contributed by atoms with E-state index in [0.717, 1.165) is 32.5 Å². The Hall–Kier alpha value is -0.570. The largest absolute Gasteiger partial charge is 0.381 e. The van der Waals surface area contributed by atoms with E-state index in [1.807, 2.05) is 18.7 Å². The van der Waals surface area contributed by atoms with Crippen LogP contribution in [0.2, 0.25) is 0 Å². The smallest absolute Gasteiger partial charge is 0.227 e. The van der Waals surface area contributed by atoms with Crippen molar-refractivity contribution in [1.29, 1.82) is 0 Å². The maximum Gasteiger partial charge on any atom is 0.227 e. The quantitative estimate of drug-likeness (QED) is 0.663. The van der Waals surface area contributed by atoms with Crippen molar-refractivity contribution in [2.45, 2.75) is 26.7 Å². The zero-order chi connectivity index (χ0) is 9.68. The number of carbonyl (C=O) groups is 1. The van der Waals surface area contributed by atoms with Gasteiger partial charge in [-0.1, -0.05) is 0 Å². The molecule has 1 unspecified atom stereocenters. The summed E-state index contributed by atoms with van der Waals surface area (Å²) in [5, 5.41) is 0. The third kappa shape index (κ3) is 2.69. The molecule has 0 bridgehead atoms. The predicted molar refractivity (Wildman–Crippen MR) is 51.5 cm³/mol. The van der Waals surface area contributed by atoms with Crippen molar-refractivity contribution in [1.82, 2.24) is 4.90 Å². The number of carbonyl (C=O) groups excluding carboxylic acids is 1. The first-order chi connectivity index (χ1) is 6.29. The Kier molecular flexibility index (Phi) is 4.22. The van der Waals surface area contributed by atoms with Gasteiger partial charge in [-0.15, -0.1) is 0 Å². The minimum atomic E-state index is 0.119. The Morgan fingerprint density at radius 2 is 2.15 bits per heavy atom. The van der Waals surface area contributed by atoms with Gasteiger partial charge in [-0.25, -0.2) is 0 Å². The van der Waals surface area contributed by atoms with Crippen LogP contribution >= 0.6 is 0 Å². The van der Waals surface area contributed by atoms with Crippen LogP contribution in [0.5, 0.6) is 0 Å². The van der Waals surface area contributed by atoms with Gasteiger partial charge in [0.2, 0.25) is 5.91 Å². The highest BCUT2D eigenvalue weighted by Gasteiger charge is 2.24. The summed E-state index contributed by atoms with van der Waals surface area (Å²) in [6.45, 7) is 7.10. The zero-order valence-electron chi connectivity index (χ0n) is 8.58. The number of amides is 1. The van der Waals surface area contributed by atoms with Crippen molar-refractivity contribution in [2.75, 3.05) is 26.3 Å². The average molecular weight is 185 g/mol. The first-order valence-corrected chi connectivity index (χ1v) is 5.16. The SMILES string of the molecule is CCN(CC)C(=O)C1CCCOC1. The third-order valence-corrected chi connectivity index (χ3v) is 2.58. The molecule has 1 fully saturated rings. The molecular weight excluding hydrogens is 166 g/mol. The van der Waals surface area contributed by atoms with Gasteiger partial charge in [0.15, 0.2) is 0 Å². The number of hydrogen-bond donors (Lipinski definition) is 0. The van der Waals surface area contributed by atoms with Crippen LogP contribution in [0.3, 0.4) is 0 Å². The van der Waals surface area contributed by atoms with Crippen LogP contribution in [-0.2, 0) is 9.53 Å². The summed E-state index contributed by atoms with van der Waals surface area (Å²) in [6, 6.07) is 0. The lowest BCUT2D eigenvalue weighted by Gasteiger charge is -2.27. The third-order valence-electron chi connectivity index (χ3n) is 2.58. The van der Waals surface area contributed by atoms with E-state index in [0.29, 0.717) is 6.61 Å². The zero-order valence-corrected chi connectivity index (χ0v) is 8.58. The molecule has 0 aromatic carbocycles. The van der Waals surface area contributed by atoms with E-state index in [-0.39, 0.29) is 11.8 Å². The molecule has 1 heterocycles. The van der Waals surface area contributed by atoms with Crippen molar-refractivity contribution in [2.24, 2.45) is 5.92 Å². The van der Waals surface area contributed by atoms with Crippen LogP contribution in [0, 0.1) is 5.92 Å². The first-order valence-electron chi connectivity index (χ1n) is 5.16. The monoisotopic (exact) mass is 185 g/mol. The van der Waals surface area contributed by atoms with Gasteiger partial charge in [-0.05, 0) is 26.7 Å². The minimum Gasteiger partial charge on any atom is -0.381 e. The lowest BCUT2D eigenvalue weighted by Crippen LogP contribution is -2.39. The molecule has 1 aliphatic rings. The van der Waals surface area contributed by atoms with Crippen molar-refractivity contribution in [3.05, 3.63) is 0 Å². The van der Waals surface area contributed by atoms with E-state index in [1.54, 1.807) is 0 Å². The van der Waals surface area contributed by atoms with Crippen molar-refractivity contribution in [3.63, 3.8) is 0 Å². The van der Waals surface area contributed by atoms with E-state index in [2.05, 4.69) is 0 Å². The summed E-state index contributed by atoms with van der Waals surface area (Å²) in [5.41, 5.74) is 0. The van der Waals surface area contributed by atoms with Gasteiger partial charge in [-0.3, -0.25) is 4.79 Å². The molecule has 1 aliphatic heterocycles. The Morgan fingerprint density at radius 3 is 2.62 bits per heavy atom. The van der Waals surface area contributed by atoms with Crippen LogP contribution in [0.15, 0.2) is 0 Å². The second-order valence-electron chi connectivity index (χ2n) is 3.42. The van der Waals surface area contributed by atoms with Gasteiger partial charge in [-0.2, -0.15) is 0 Å². The lowest BCUT2D eigenvalue weighted by atomic mass is 10.0. The Balaban J connectivity index is 2.44. The number of ether oxygens (including phenoxy) is 1. The maximum atomic E-state index is 11.8. The summed E-state index contributed by atoms with van der Waals surface area (Å²) in [6.07, 6.45) is 2.02. The van der Waals surface area contributed by atoms with Gasteiger partial charge < -0.3 is 9.64 Å². The van der Waals surface area contributed by atoms with Crippen LogP contribution < -0.4 is 0 Å². The molecule has 3 nitrogen and oxygen atoms in total. The topological polar surface area (TPSA) is 29.5 Å². The lowest BCUT2D eigenvalue weighted by molar-refractivity contribution is -0.139. The normalized spacial score (nSPS) is 22.8. The average Bonchev–Trinajstić information content (AvgIpc) is 2.21. The van der Waals surface area contributed by atoms with Gasteiger partial charge >= 0.3 is 0 Å². The standard InChI is InChI=1S/C10H19NO2/c1-3-11(4-2)10(12)9-6-5-7-13-8-9/h9H,3-8H2,1-2H3. The molecule has 1 amide bonds. The highest BCUT2D eigenvalue weighted by molar-refractivity contribution is 5.79. The fraction of sp³-hybridized carbons (Fsp3) is 0.900. The molecule has 0 spiro atoms. The summed E-state index contributed by atoms with van der Waals surface area (Å²) in [5.74, 6) is 0.387. The van der Waals surface area contributed by atoms with Crippen LogP contribution in [-0.4, -0.2) is 37.1 Å². The molecule has 13 heavy (non-hydrogen) atoms. The van der Waals surface area contributed by atoms with E-state index >= 15 is 0 Å². The van der Waals surface area contributed by atoms with Crippen LogP contribution in [0.25, 0.3) is 0 Å². The molecule has 0 aromatic rings. The number of rotatable bonds is 3.